The fraction of sp³-hybridized carbons (Fsp3) is 0.600. The summed E-state index contributed by atoms with van der Waals surface area (Å²) in [6, 6.07) is 6.28. The molecule has 0 aliphatic carbocycles. The summed E-state index contributed by atoms with van der Waals surface area (Å²) in [6.07, 6.45) is -2.82. The Kier molecular flexibility index (Phi) is 4.66. The molecule has 0 saturated heterocycles. The smallest absolute Gasteiger partial charge is 0.270 e. The van der Waals surface area contributed by atoms with Gasteiger partial charge in [0.05, 0.1) is 0 Å². The van der Waals surface area contributed by atoms with E-state index in [9.17, 15) is 13.9 Å². The molecule has 1 rings (SSSR count). The zero-order valence-corrected chi connectivity index (χ0v) is 14.0. The molecule has 1 N–H and O–H groups in total. The van der Waals surface area contributed by atoms with Gasteiger partial charge in [0, 0.05) is 0 Å². The minimum absolute atomic E-state index is 0.0696. The third kappa shape index (κ3) is 3.58. The average Bonchev–Trinajstić information content (AvgIpc) is 2.27. The van der Waals surface area contributed by atoms with Crippen LogP contribution in [0.3, 0.4) is 0 Å². The highest BCUT2D eigenvalue weighted by Crippen LogP contribution is 2.38. The molecule has 20 heavy (non-hydrogen) atoms. The van der Waals surface area contributed by atoms with Crippen LogP contribution in [0.25, 0.3) is 0 Å². The van der Waals surface area contributed by atoms with Crippen molar-refractivity contribution in [3.05, 3.63) is 29.8 Å². The normalized spacial score (nSPS) is 16.1. The highest BCUT2D eigenvalue weighted by Gasteiger charge is 2.39. The van der Waals surface area contributed by atoms with Crippen molar-refractivity contribution in [1.29, 1.82) is 0 Å². The number of hydrogen-bond donors (Lipinski definition) is 1. The highest BCUT2D eigenvalue weighted by atomic mass is 28.4. The van der Waals surface area contributed by atoms with E-state index in [0.717, 1.165) is 6.92 Å². The molecule has 0 fully saturated rings. The van der Waals surface area contributed by atoms with Crippen molar-refractivity contribution >= 4 is 8.32 Å². The zero-order valence-electron chi connectivity index (χ0n) is 13.0. The van der Waals surface area contributed by atoms with Gasteiger partial charge in [0.2, 0.25) is 8.32 Å². The van der Waals surface area contributed by atoms with Gasteiger partial charge in [0.15, 0.2) is 0 Å². The van der Waals surface area contributed by atoms with Gasteiger partial charge in [-0.05, 0) is 42.8 Å². The first-order chi connectivity index (χ1) is 8.88. The number of halogens is 2. The Hall–Kier alpha value is -0.943. The maximum atomic E-state index is 12.8. The number of hydrogen-bond acceptors (Lipinski definition) is 2. The molecule has 0 spiro atoms. The number of rotatable bonds is 4. The molecule has 1 aromatic rings. The number of aliphatic hydroxyl groups is 1. The summed E-state index contributed by atoms with van der Waals surface area (Å²) in [6.45, 7) is 11.8. The lowest BCUT2D eigenvalue weighted by Crippen LogP contribution is -2.43. The third-order valence-electron chi connectivity index (χ3n) is 4.04. The van der Waals surface area contributed by atoms with Gasteiger partial charge in [0.25, 0.3) is 6.43 Å². The topological polar surface area (TPSA) is 29.5 Å². The van der Waals surface area contributed by atoms with Crippen LogP contribution in [0.15, 0.2) is 24.3 Å². The molecule has 0 heterocycles. The van der Waals surface area contributed by atoms with Crippen LogP contribution < -0.4 is 4.43 Å². The van der Waals surface area contributed by atoms with Crippen LogP contribution in [0.4, 0.5) is 8.78 Å². The van der Waals surface area contributed by atoms with Gasteiger partial charge in [-0.1, -0.05) is 32.9 Å². The van der Waals surface area contributed by atoms with E-state index in [1.54, 1.807) is 12.1 Å². The Balaban J connectivity index is 2.94. The summed E-state index contributed by atoms with van der Waals surface area (Å²) in [5.74, 6) is 0.658. The van der Waals surface area contributed by atoms with Crippen LogP contribution in [0, 0.1) is 0 Å². The average molecular weight is 302 g/mol. The van der Waals surface area contributed by atoms with Crippen molar-refractivity contribution in [2.24, 2.45) is 0 Å². The van der Waals surface area contributed by atoms with E-state index in [4.69, 9.17) is 4.43 Å². The Bertz CT molecular complexity index is 448. The molecule has 0 radical (unpaired) electrons. The summed E-state index contributed by atoms with van der Waals surface area (Å²) in [7, 11) is -1.94. The van der Waals surface area contributed by atoms with Gasteiger partial charge in [0.1, 0.15) is 11.4 Å². The van der Waals surface area contributed by atoms with Crippen LogP contribution in [0.1, 0.15) is 33.3 Å². The summed E-state index contributed by atoms with van der Waals surface area (Å²) in [5, 5.41) is 9.80. The van der Waals surface area contributed by atoms with E-state index in [1.807, 2.05) is 0 Å². The molecule has 1 unspecified atom stereocenters. The van der Waals surface area contributed by atoms with Crippen LogP contribution in [0.2, 0.25) is 18.1 Å². The summed E-state index contributed by atoms with van der Waals surface area (Å²) < 4.78 is 31.6. The maximum Gasteiger partial charge on any atom is 0.270 e. The predicted octanol–water partition coefficient (Wildman–Crippen LogP) is 4.54. The number of alkyl halides is 2. The second-order valence-corrected chi connectivity index (χ2v) is 11.6. The van der Waals surface area contributed by atoms with E-state index in [-0.39, 0.29) is 10.6 Å². The van der Waals surface area contributed by atoms with Gasteiger partial charge >= 0.3 is 0 Å². The van der Waals surface area contributed by atoms with E-state index >= 15 is 0 Å². The molecule has 1 atom stereocenters. The quantitative estimate of drug-likeness (QED) is 0.827. The lowest BCUT2D eigenvalue weighted by Gasteiger charge is -2.36. The first kappa shape index (κ1) is 17.1. The van der Waals surface area contributed by atoms with Crippen molar-refractivity contribution in [2.45, 2.75) is 57.9 Å². The fourth-order valence-corrected chi connectivity index (χ4v) is 2.47. The van der Waals surface area contributed by atoms with Gasteiger partial charge in [-0.2, -0.15) is 0 Å². The Morgan fingerprint density at radius 3 is 1.85 bits per heavy atom. The second kappa shape index (κ2) is 5.45. The monoisotopic (exact) mass is 302 g/mol. The summed E-state index contributed by atoms with van der Waals surface area (Å²) in [4.78, 5) is 0. The molecule has 0 aliphatic rings. The first-order valence-corrected chi connectivity index (χ1v) is 9.59. The molecule has 0 aromatic heterocycles. The largest absolute Gasteiger partial charge is 0.544 e. The maximum absolute atomic E-state index is 12.8. The molecule has 0 aliphatic heterocycles. The Labute approximate surface area is 120 Å². The lowest BCUT2D eigenvalue weighted by atomic mass is 9.97. The minimum atomic E-state index is -2.82. The van der Waals surface area contributed by atoms with Crippen LogP contribution in [-0.4, -0.2) is 19.8 Å². The van der Waals surface area contributed by atoms with Gasteiger partial charge in [-0.25, -0.2) is 8.78 Å². The zero-order chi connectivity index (χ0) is 15.8. The predicted molar refractivity (Wildman–Crippen MR) is 79.8 cm³/mol. The van der Waals surface area contributed by atoms with Crippen molar-refractivity contribution in [3.8, 4) is 5.75 Å². The Morgan fingerprint density at radius 1 is 1.05 bits per heavy atom. The molecule has 0 amide bonds. The van der Waals surface area contributed by atoms with E-state index in [0.29, 0.717) is 5.75 Å². The standard InChI is InChI=1S/C15H24F2O2Si/c1-14(2,3)20(5,6)19-12-9-7-11(8-10-12)15(4,18)13(16)17/h7-10,13,18H,1-6H3. The lowest BCUT2D eigenvalue weighted by molar-refractivity contribution is -0.0883. The van der Waals surface area contributed by atoms with Crippen molar-refractivity contribution in [2.75, 3.05) is 0 Å². The van der Waals surface area contributed by atoms with Crippen molar-refractivity contribution < 1.29 is 18.3 Å². The molecule has 114 valence electrons. The van der Waals surface area contributed by atoms with Crippen molar-refractivity contribution in [1.82, 2.24) is 0 Å². The molecule has 0 bridgehead atoms. The Morgan fingerprint density at radius 2 is 1.50 bits per heavy atom. The molecule has 1 aromatic carbocycles. The van der Waals surface area contributed by atoms with Crippen LogP contribution in [-0.2, 0) is 5.60 Å². The van der Waals surface area contributed by atoms with Crippen LogP contribution in [0.5, 0.6) is 5.75 Å². The molecule has 5 heteroatoms. The van der Waals surface area contributed by atoms with Gasteiger partial charge in [-0.3, -0.25) is 0 Å². The summed E-state index contributed by atoms with van der Waals surface area (Å²) >= 11 is 0. The van der Waals surface area contributed by atoms with E-state index in [1.165, 1.54) is 12.1 Å². The highest BCUT2D eigenvalue weighted by molar-refractivity contribution is 6.74. The second-order valence-electron chi connectivity index (χ2n) is 6.83. The molecular weight excluding hydrogens is 278 g/mol. The van der Waals surface area contributed by atoms with Crippen LogP contribution >= 0.6 is 0 Å². The fourth-order valence-electron chi connectivity index (χ4n) is 1.43. The first-order valence-electron chi connectivity index (χ1n) is 6.68. The molecule has 2 nitrogen and oxygen atoms in total. The third-order valence-corrected chi connectivity index (χ3v) is 8.40. The molecular formula is C15H24F2O2Si. The molecule has 0 saturated carbocycles. The minimum Gasteiger partial charge on any atom is -0.544 e. The number of benzene rings is 1. The van der Waals surface area contributed by atoms with Gasteiger partial charge < -0.3 is 9.53 Å². The SMILES string of the molecule is CC(O)(c1ccc(O[Si](C)(C)C(C)(C)C)cc1)C(F)F. The van der Waals surface area contributed by atoms with E-state index < -0.39 is 20.3 Å². The van der Waals surface area contributed by atoms with Crippen molar-refractivity contribution in [3.63, 3.8) is 0 Å². The van der Waals surface area contributed by atoms with Gasteiger partial charge in [-0.15, -0.1) is 0 Å². The summed E-state index contributed by atoms with van der Waals surface area (Å²) in [5.41, 5.74) is -1.94. The van der Waals surface area contributed by atoms with E-state index in [2.05, 4.69) is 33.9 Å².